The van der Waals surface area contributed by atoms with Crippen LogP contribution in [0.1, 0.15) is 39.3 Å². The van der Waals surface area contributed by atoms with Crippen molar-refractivity contribution in [3.05, 3.63) is 18.1 Å². The Morgan fingerprint density at radius 1 is 1.37 bits per heavy atom. The van der Waals surface area contributed by atoms with Crippen LogP contribution >= 0.6 is 0 Å². The minimum absolute atomic E-state index is 0.0800. The van der Waals surface area contributed by atoms with E-state index in [4.69, 9.17) is 9.47 Å². The first-order valence-electron chi connectivity index (χ1n) is 6.83. The molecule has 1 aliphatic heterocycles. The summed E-state index contributed by atoms with van der Waals surface area (Å²) in [6.07, 6.45) is 5.83. The molecule has 5 nitrogen and oxygen atoms in total. The van der Waals surface area contributed by atoms with Crippen LogP contribution in [0.4, 0.5) is 0 Å². The molecule has 1 N–H and O–H groups in total. The molecule has 2 rings (SSSR count). The van der Waals surface area contributed by atoms with Crippen LogP contribution in [0.25, 0.3) is 0 Å². The highest BCUT2D eigenvalue weighted by molar-refractivity contribution is 5.07. The van der Waals surface area contributed by atoms with E-state index in [2.05, 4.69) is 36.1 Å². The second-order valence-corrected chi connectivity index (χ2v) is 5.90. The van der Waals surface area contributed by atoms with Crippen LogP contribution in [0.2, 0.25) is 0 Å². The molecule has 0 aromatic carbocycles. The van der Waals surface area contributed by atoms with Gasteiger partial charge in [-0.15, -0.1) is 0 Å². The number of nitrogens with one attached hydrogen (secondary N) is 1. The average molecular weight is 265 g/mol. The van der Waals surface area contributed by atoms with E-state index in [0.717, 1.165) is 25.1 Å². The van der Waals surface area contributed by atoms with Gasteiger partial charge in [-0.1, -0.05) is 0 Å². The summed E-state index contributed by atoms with van der Waals surface area (Å²) in [5.41, 5.74) is 0.996. The lowest BCUT2D eigenvalue weighted by Crippen LogP contribution is -2.35. The largest absolute Gasteiger partial charge is 0.474 e. The summed E-state index contributed by atoms with van der Waals surface area (Å²) >= 11 is 0. The van der Waals surface area contributed by atoms with Gasteiger partial charge in [0, 0.05) is 18.7 Å². The maximum atomic E-state index is 5.57. The summed E-state index contributed by atoms with van der Waals surface area (Å²) in [6, 6.07) is 0. The van der Waals surface area contributed by atoms with Gasteiger partial charge in [0.25, 0.3) is 0 Å². The molecule has 0 radical (unpaired) electrons. The molecule has 1 atom stereocenters. The third-order valence-corrected chi connectivity index (χ3v) is 2.92. The Hall–Kier alpha value is -1.20. The van der Waals surface area contributed by atoms with Crippen molar-refractivity contribution >= 4 is 0 Å². The minimum atomic E-state index is 0.0800. The van der Waals surface area contributed by atoms with Gasteiger partial charge < -0.3 is 14.8 Å². The van der Waals surface area contributed by atoms with Crippen LogP contribution in [0.5, 0.6) is 5.88 Å². The molecule has 0 amide bonds. The average Bonchev–Trinajstić information content (AvgIpc) is 2.87. The number of rotatable bonds is 5. The topological polar surface area (TPSA) is 56.3 Å². The van der Waals surface area contributed by atoms with Gasteiger partial charge in [-0.2, -0.15) is 0 Å². The zero-order valence-electron chi connectivity index (χ0n) is 12.0. The first-order valence-corrected chi connectivity index (χ1v) is 6.83. The molecule has 19 heavy (non-hydrogen) atoms. The van der Waals surface area contributed by atoms with Gasteiger partial charge in [-0.3, -0.25) is 4.98 Å². The van der Waals surface area contributed by atoms with Crippen molar-refractivity contribution in [2.24, 2.45) is 0 Å². The first-order chi connectivity index (χ1) is 9.03. The van der Waals surface area contributed by atoms with E-state index < -0.39 is 0 Å². The maximum Gasteiger partial charge on any atom is 0.232 e. The van der Waals surface area contributed by atoms with E-state index in [1.807, 2.05) is 0 Å². The SMILES string of the molecule is CC(C)(C)NCc1cnc(OCC2CCCO2)cn1. The number of ether oxygens (including phenoxy) is 2. The molecule has 1 aromatic rings. The summed E-state index contributed by atoms with van der Waals surface area (Å²) in [5.74, 6) is 0.565. The zero-order chi connectivity index (χ0) is 13.7. The third kappa shape index (κ3) is 5.12. The normalized spacial score (nSPS) is 19.6. The van der Waals surface area contributed by atoms with Crippen molar-refractivity contribution < 1.29 is 9.47 Å². The van der Waals surface area contributed by atoms with Gasteiger partial charge >= 0.3 is 0 Å². The van der Waals surface area contributed by atoms with Crippen LogP contribution < -0.4 is 10.1 Å². The Kier molecular flexibility index (Phi) is 4.71. The van der Waals surface area contributed by atoms with Gasteiger partial charge in [0.2, 0.25) is 5.88 Å². The molecule has 0 aliphatic carbocycles. The second kappa shape index (κ2) is 6.30. The molecule has 5 heteroatoms. The Bertz CT molecular complexity index is 381. The van der Waals surface area contributed by atoms with Crippen LogP contribution in [0, 0.1) is 0 Å². The fraction of sp³-hybridized carbons (Fsp3) is 0.714. The molecule has 1 aliphatic rings. The van der Waals surface area contributed by atoms with Crippen molar-refractivity contribution in [3.8, 4) is 5.88 Å². The molecule has 0 saturated carbocycles. The lowest BCUT2D eigenvalue weighted by Gasteiger charge is -2.20. The summed E-state index contributed by atoms with van der Waals surface area (Å²) < 4.78 is 11.1. The molecular formula is C14H23N3O2. The summed E-state index contributed by atoms with van der Waals surface area (Å²) in [4.78, 5) is 8.60. The van der Waals surface area contributed by atoms with Crippen LogP contribution in [-0.2, 0) is 11.3 Å². The second-order valence-electron chi connectivity index (χ2n) is 5.90. The Morgan fingerprint density at radius 2 is 2.21 bits per heavy atom. The Balaban J connectivity index is 1.77. The zero-order valence-corrected chi connectivity index (χ0v) is 12.0. The fourth-order valence-corrected chi connectivity index (χ4v) is 1.82. The highest BCUT2D eigenvalue weighted by Gasteiger charge is 2.16. The van der Waals surface area contributed by atoms with Crippen molar-refractivity contribution in [3.63, 3.8) is 0 Å². The fourth-order valence-electron chi connectivity index (χ4n) is 1.82. The summed E-state index contributed by atoms with van der Waals surface area (Å²) in [5, 5.41) is 3.37. The van der Waals surface area contributed by atoms with Gasteiger partial charge in [-0.25, -0.2) is 4.98 Å². The van der Waals surface area contributed by atoms with Crippen molar-refractivity contribution in [1.82, 2.24) is 15.3 Å². The highest BCUT2D eigenvalue weighted by Crippen LogP contribution is 2.13. The van der Waals surface area contributed by atoms with Gasteiger partial charge in [0.1, 0.15) is 6.61 Å². The smallest absolute Gasteiger partial charge is 0.232 e. The van der Waals surface area contributed by atoms with Crippen molar-refractivity contribution in [2.75, 3.05) is 13.2 Å². The van der Waals surface area contributed by atoms with Gasteiger partial charge in [0.05, 0.1) is 24.2 Å². The van der Waals surface area contributed by atoms with Crippen LogP contribution in [0.15, 0.2) is 12.4 Å². The lowest BCUT2D eigenvalue weighted by atomic mass is 10.1. The minimum Gasteiger partial charge on any atom is -0.474 e. The molecule has 1 unspecified atom stereocenters. The molecule has 106 valence electrons. The summed E-state index contributed by atoms with van der Waals surface area (Å²) in [7, 11) is 0. The monoisotopic (exact) mass is 265 g/mol. The predicted molar refractivity (Wildman–Crippen MR) is 73.1 cm³/mol. The number of aromatic nitrogens is 2. The van der Waals surface area contributed by atoms with Crippen molar-refractivity contribution in [2.45, 2.75) is 51.8 Å². The van der Waals surface area contributed by atoms with Crippen LogP contribution in [-0.4, -0.2) is 34.8 Å². The summed E-state index contributed by atoms with van der Waals surface area (Å²) in [6.45, 7) is 8.49. The molecule has 2 heterocycles. The standard InChI is InChI=1S/C14H23N3O2/c1-14(2,3)17-8-11-7-16-13(9-15-11)19-10-12-5-4-6-18-12/h7,9,12,17H,4-6,8,10H2,1-3H3. The third-order valence-electron chi connectivity index (χ3n) is 2.92. The molecule has 0 spiro atoms. The molecule has 1 fully saturated rings. The van der Waals surface area contributed by atoms with E-state index in [1.165, 1.54) is 0 Å². The van der Waals surface area contributed by atoms with E-state index >= 15 is 0 Å². The van der Waals surface area contributed by atoms with Gasteiger partial charge in [-0.05, 0) is 33.6 Å². The number of hydrogen-bond donors (Lipinski definition) is 1. The molecule has 0 bridgehead atoms. The van der Waals surface area contributed by atoms with Gasteiger partial charge in [0.15, 0.2) is 0 Å². The number of nitrogens with zero attached hydrogens (tertiary/aromatic N) is 2. The molecule has 1 aromatic heterocycles. The molecular weight excluding hydrogens is 242 g/mol. The number of hydrogen-bond acceptors (Lipinski definition) is 5. The predicted octanol–water partition coefficient (Wildman–Crippen LogP) is 1.92. The first kappa shape index (κ1) is 14.2. The van der Waals surface area contributed by atoms with E-state index in [1.54, 1.807) is 12.4 Å². The van der Waals surface area contributed by atoms with E-state index in [0.29, 0.717) is 19.0 Å². The van der Waals surface area contributed by atoms with E-state index in [-0.39, 0.29) is 11.6 Å². The quantitative estimate of drug-likeness (QED) is 0.881. The van der Waals surface area contributed by atoms with Crippen molar-refractivity contribution in [1.29, 1.82) is 0 Å². The lowest BCUT2D eigenvalue weighted by molar-refractivity contribution is 0.0661. The van der Waals surface area contributed by atoms with E-state index in [9.17, 15) is 0 Å². The Labute approximate surface area is 114 Å². The molecule has 1 saturated heterocycles. The van der Waals surface area contributed by atoms with Crippen LogP contribution in [0.3, 0.4) is 0 Å². The highest BCUT2D eigenvalue weighted by atomic mass is 16.5. The Morgan fingerprint density at radius 3 is 2.79 bits per heavy atom. The maximum absolute atomic E-state index is 5.57.